The Morgan fingerprint density at radius 3 is 3.10 bits per heavy atom. The fourth-order valence-electron chi connectivity index (χ4n) is 2.30. The predicted molar refractivity (Wildman–Crippen MR) is 87.7 cm³/mol. The van der Waals surface area contributed by atoms with Gasteiger partial charge in [-0.15, -0.1) is 11.3 Å². The molecule has 2 heterocycles. The van der Waals surface area contributed by atoms with E-state index in [1.165, 1.54) is 24.6 Å². The molecule has 21 heavy (non-hydrogen) atoms. The molecule has 2 aromatic heterocycles. The standard InChI is InChI=1S/C15H19N3OS2/c1-2-6-18(8-11-3-4-11)13(19)9-21-15-12-5-7-20-14(12)16-10-17-15/h5,7,10-11H,2-4,6,8-9H2,1H3. The average molecular weight is 321 g/mol. The SMILES string of the molecule is CCCN(CC1CC1)C(=O)CSc1ncnc2sccc12. The first-order valence-electron chi connectivity index (χ1n) is 7.36. The van der Waals surface area contributed by atoms with E-state index in [2.05, 4.69) is 16.9 Å². The van der Waals surface area contributed by atoms with Gasteiger partial charge in [-0.1, -0.05) is 18.7 Å². The van der Waals surface area contributed by atoms with Crippen LogP contribution in [-0.2, 0) is 4.79 Å². The molecule has 1 saturated carbocycles. The van der Waals surface area contributed by atoms with Crippen molar-refractivity contribution in [2.75, 3.05) is 18.8 Å². The fourth-order valence-corrected chi connectivity index (χ4v) is 3.99. The molecule has 1 aliphatic carbocycles. The normalized spacial score (nSPS) is 14.5. The molecule has 0 N–H and O–H groups in total. The van der Waals surface area contributed by atoms with E-state index in [0.29, 0.717) is 5.75 Å². The molecule has 4 nitrogen and oxygen atoms in total. The van der Waals surface area contributed by atoms with E-state index < -0.39 is 0 Å². The van der Waals surface area contributed by atoms with Crippen molar-refractivity contribution in [2.45, 2.75) is 31.2 Å². The molecular weight excluding hydrogens is 302 g/mol. The van der Waals surface area contributed by atoms with Crippen molar-refractivity contribution in [1.82, 2.24) is 14.9 Å². The van der Waals surface area contributed by atoms with Gasteiger partial charge < -0.3 is 4.90 Å². The van der Waals surface area contributed by atoms with E-state index in [4.69, 9.17) is 0 Å². The maximum absolute atomic E-state index is 12.4. The van der Waals surface area contributed by atoms with Crippen LogP contribution < -0.4 is 0 Å². The summed E-state index contributed by atoms with van der Waals surface area (Å²) in [7, 11) is 0. The van der Waals surface area contributed by atoms with Crippen LogP contribution in [0, 0.1) is 5.92 Å². The highest BCUT2D eigenvalue weighted by molar-refractivity contribution is 8.00. The van der Waals surface area contributed by atoms with E-state index in [-0.39, 0.29) is 5.91 Å². The van der Waals surface area contributed by atoms with Gasteiger partial charge in [0.2, 0.25) is 5.91 Å². The molecule has 0 unspecified atom stereocenters. The van der Waals surface area contributed by atoms with Crippen LogP contribution in [0.2, 0.25) is 0 Å². The van der Waals surface area contributed by atoms with Gasteiger partial charge in [-0.25, -0.2) is 9.97 Å². The Hall–Kier alpha value is -1.14. The number of rotatable bonds is 7. The molecule has 2 aromatic rings. The van der Waals surface area contributed by atoms with Crippen molar-refractivity contribution in [1.29, 1.82) is 0 Å². The van der Waals surface area contributed by atoms with Gasteiger partial charge in [0.05, 0.1) is 5.75 Å². The van der Waals surface area contributed by atoms with Crippen LogP contribution in [0.15, 0.2) is 22.8 Å². The fraction of sp³-hybridized carbons (Fsp3) is 0.533. The predicted octanol–water partition coefficient (Wildman–Crippen LogP) is 3.43. The van der Waals surface area contributed by atoms with Gasteiger partial charge in [0.15, 0.2) is 0 Å². The zero-order valence-electron chi connectivity index (χ0n) is 12.1. The molecule has 1 amide bonds. The van der Waals surface area contributed by atoms with Crippen LogP contribution >= 0.6 is 23.1 Å². The third-order valence-electron chi connectivity index (χ3n) is 3.58. The Morgan fingerprint density at radius 1 is 1.48 bits per heavy atom. The van der Waals surface area contributed by atoms with E-state index >= 15 is 0 Å². The van der Waals surface area contributed by atoms with Crippen LogP contribution in [0.5, 0.6) is 0 Å². The summed E-state index contributed by atoms with van der Waals surface area (Å²) in [5, 5.41) is 3.99. The van der Waals surface area contributed by atoms with Crippen molar-refractivity contribution in [3.05, 3.63) is 17.8 Å². The summed E-state index contributed by atoms with van der Waals surface area (Å²) in [5.74, 6) is 1.44. The third kappa shape index (κ3) is 3.74. The van der Waals surface area contributed by atoms with Gasteiger partial charge in [-0.3, -0.25) is 4.79 Å². The first-order valence-corrected chi connectivity index (χ1v) is 9.23. The second-order valence-electron chi connectivity index (χ2n) is 5.39. The third-order valence-corrected chi connectivity index (χ3v) is 5.39. The van der Waals surface area contributed by atoms with Crippen molar-refractivity contribution < 1.29 is 4.79 Å². The van der Waals surface area contributed by atoms with Crippen LogP contribution in [0.3, 0.4) is 0 Å². The lowest BCUT2D eigenvalue weighted by atomic mass is 10.3. The molecule has 6 heteroatoms. The average Bonchev–Trinajstić information content (AvgIpc) is 3.17. The molecule has 1 aliphatic rings. The molecule has 112 valence electrons. The van der Waals surface area contributed by atoms with Crippen molar-refractivity contribution in [3.8, 4) is 0 Å². The number of thioether (sulfide) groups is 1. The van der Waals surface area contributed by atoms with Gasteiger partial charge in [0.1, 0.15) is 16.2 Å². The Balaban J connectivity index is 1.62. The molecule has 3 rings (SSSR count). The number of aromatic nitrogens is 2. The lowest BCUT2D eigenvalue weighted by Gasteiger charge is -2.21. The maximum Gasteiger partial charge on any atom is 0.232 e. The molecule has 0 aliphatic heterocycles. The van der Waals surface area contributed by atoms with Gasteiger partial charge in [0.25, 0.3) is 0 Å². The minimum Gasteiger partial charge on any atom is -0.342 e. The lowest BCUT2D eigenvalue weighted by molar-refractivity contribution is -0.128. The number of thiophene rings is 1. The summed E-state index contributed by atoms with van der Waals surface area (Å²) in [5.41, 5.74) is 0. The number of fused-ring (bicyclic) bond motifs is 1. The number of nitrogens with zero attached hydrogens (tertiary/aromatic N) is 3. The molecule has 0 spiro atoms. The number of hydrogen-bond acceptors (Lipinski definition) is 5. The van der Waals surface area contributed by atoms with Crippen LogP contribution in [-0.4, -0.2) is 39.6 Å². The number of hydrogen-bond donors (Lipinski definition) is 0. The molecule has 0 saturated heterocycles. The van der Waals surface area contributed by atoms with Gasteiger partial charge in [-0.05, 0) is 36.6 Å². The van der Waals surface area contributed by atoms with Gasteiger partial charge in [0, 0.05) is 18.5 Å². The molecule has 0 radical (unpaired) electrons. The van der Waals surface area contributed by atoms with Gasteiger partial charge in [-0.2, -0.15) is 0 Å². The second-order valence-corrected chi connectivity index (χ2v) is 7.25. The lowest BCUT2D eigenvalue weighted by Crippen LogP contribution is -2.34. The monoisotopic (exact) mass is 321 g/mol. The van der Waals surface area contributed by atoms with Crippen LogP contribution in [0.25, 0.3) is 10.2 Å². The summed E-state index contributed by atoms with van der Waals surface area (Å²) in [6.07, 6.45) is 5.16. The highest BCUT2D eigenvalue weighted by Gasteiger charge is 2.26. The Kier molecular flexibility index (Phi) is 4.75. The molecule has 0 bridgehead atoms. The van der Waals surface area contributed by atoms with E-state index in [9.17, 15) is 4.79 Å². The van der Waals surface area contributed by atoms with Crippen molar-refractivity contribution in [3.63, 3.8) is 0 Å². The summed E-state index contributed by atoms with van der Waals surface area (Å²) >= 11 is 3.14. The van der Waals surface area contributed by atoms with E-state index in [0.717, 1.165) is 40.7 Å². The summed E-state index contributed by atoms with van der Waals surface area (Å²) in [6, 6.07) is 2.03. The summed E-state index contributed by atoms with van der Waals surface area (Å²) in [4.78, 5) is 24.0. The summed E-state index contributed by atoms with van der Waals surface area (Å²) in [6.45, 7) is 3.93. The zero-order valence-corrected chi connectivity index (χ0v) is 13.8. The van der Waals surface area contributed by atoms with E-state index in [1.807, 2.05) is 16.3 Å². The van der Waals surface area contributed by atoms with Crippen LogP contribution in [0.1, 0.15) is 26.2 Å². The number of carbonyl (C=O) groups excluding carboxylic acids is 1. The highest BCUT2D eigenvalue weighted by Crippen LogP contribution is 2.31. The largest absolute Gasteiger partial charge is 0.342 e. The molecule has 0 atom stereocenters. The first-order chi connectivity index (χ1) is 10.3. The van der Waals surface area contributed by atoms with Crippen molar-refractivity contribution >= 4 is 39.2 Å². The second kappa shape index (κ2) is 6.75. The minimum atomic E-state index is 0.232. The maximum atomic E-state index is 12.4. The topological polar surface area (TPSA) is 46.1 Å². The molecule has 0 aromatic carbocycles. The minimum absolute atomic E-state index is 0.232. The number of carbonyl (C=O) groups is 1. The summed E-state index contributed by atoms with van der Waals surface area (Å²) < 4.78 is 0. The highest BCUT2D eigenvalue weighted by atomic mass is 32.2. The first kappa shape index (κ1) is 14.8. The Morgan fingerprint density at radius 2 is 2.33 bits per heavy atom. The smallest absolute Gasteiger partial charge is 0.232 e. The quantitative estimate of drug-likeness (QED) is 0.579. The van der Waals surface area contributed by atoms with E-state index in [1.54, 1.807) is 17.7 Å². The Bertz CT molecular complexity index is 624. The molecular formula is C15H19N3OS2. The zero-order chi connectivity index (χ0) is 14.7. The number of amides is 1. The van der Waals surface area contributed by atoms with Gasteiger partial charge >= 0.3 is 0 Å². The molecule has 1 fully saturated rings. The van der Waals surface area contributed by atoms with Crippen molar-refractivity contribution in [2.24, 2.45) is 5.92 Å². The van der Waals surface area contributed by atoms with Crippen LogP contribution in [0.4, 0.5) is 0 Å². The Labute approximate surface area is 133 Å².